The topological polar surface area (TPSA) is 44.8 Å². The van der Waals surface area contributed by atoms with Crippen molar-refractivity contribution >= 4 is 5.97 Å². The standard InChI is InChI=1S/C16H33N3O2/c1-6-17-16(4,15(20)21-8-3)13-18(5)12-14-10-9-11-19(14)7-2/h14,17H,6-13H2,1-5H3. The summed E-state index contributed by atoms with van der Waals surface area (Å²) in [5, 5.41) is 3.29. The maximum Gasteiger partial charge on any atom is 0.327 e. The van der Waals surface area contributed by atoms with Gasteiger partial charge in [-0.05, 0) is 53.4 Å². The molecule has 0 aliphatic carbocycles. The van der Waals surface area contributed by atoms with Crippen molar-refractivity contribution in [3.8, 4) is 0 Å². The summed E-state index contributed by atoms with van der Waals surface area (Å²) in [6.07, 6.45) is 2.55. The van der Waals surface area contributed by atoms with E-state index in [1.807, 2.05) is 20.8 Å². The van der Waals surface area contributed by atoms with E-state index in [2.05, 4.69) is 29.1 Å². The van der Waals surface area contributed by atoms with Crippen molar-refractivity contribution in [3.63, 3.8) is 0 Å². The number of nitrogens with zero attached hydrogens (tertiary/aromatic N) is 2. The number of carbonyl (C=O) groups is 1. The summed E-state index contributed by atoms with van der Waals surface area (Å²) in [6, 6.07) is 0.619. The van der Waals surface area contributed by atoms with Crippen molar-refractivity contribution in [1.82, 2.24) is 15.1 Å². The maximum atomic E-state index is 12.2. The van der Waals surface area contributed by atoms with Gasteiger partial charge in [-0.1, -0.05) is 13.8 Å². The minimum atomic E-state index is -0.630. The molecule has 0 saturated carbocycles. The van der Waals surface area contributed by atoms with E-state index in [4.69, 9.17) is 4.74 Å². The Morgan fingerprint density at radius 3 is 2.71 bits per heavy atom. The number of hydrogen-bond acceptors (Lipinski definition) is 5. The molecule has 1 aliphatic heterocycles. The van der Waals surface area contributed by atoms with Crippen molar-refractivity contribution < 1.29 is 9.53 Å². The number of ether oxygens (including phenoxy) is 1. The highest BCUT2D eigenvalue weighted by atomic mass is 16.5. The minimum Gasteiger partial charge on any atom is -0.465 e. The molecular weight excluding hydrogens is 266 g/mol. The lowest BCUT2D eigenvalue weighted by atomic mass is 10.0. The van der Waals surface area contributed by atoms with Crippen molar-refractivity contribution in [2.75, 3.05) is 46.4 Å². The average molecular weight is 299 g/mol. The van der Waals surface area contributed by atoms with Gasteiger partial charge < -0.3 is 15.0 Å². The minimum absolute atomic E-state index is 0.155. The number of rotatable bonds is 9. The molecule has 0 bridgehead atoms. The van der Waals surface area contributed by atoms with Gasteiger partial charge in [0.2, 0.25) is 0 Å². The lowest BCUT2D eigenvalue weighted by molar-refractivity contribution is -0.151. The Bertz CT molecular complexity index is 325. The summed E-state index contributed by atoms with van der Waals surface area (Å²) < 4.78 is 5.23. The summed E-state index contributed by atoms with van der Waals surface area (Å²) in [5.41, 5.74) is -0.630. The van der Waals surface area contributed by atoms with Gasteiger partial charge in [-0.25, -0.2) is 0 Å². The fraction of sp³-hybridized carbons (Fsp3) is 0.938. The number of likely N-dealkylation sites (tertiary alicyclic amines) is 1. The molecule has 1 fully saturated rings. The van der Waals surface area contributed by atoms with Crippen LogP contribution in [0.2, 0.25) is 0 Å². The highest BCUT2D eigenvalue weighted by molar-refractivity contribution is 5.80. The van der Waals surface area contributed by atoms with Gasteiger partial charge in [0.15, 0.2) is 0 Å². The Morgan fingerprint density at radius 1 is 1.43 bits per heavy atom. The second-order valence-electron chi connectivity index (χ2n) is 6.20. The summed E-state index contributed by atoms with van der Waals surface area (Å²) in [5.74, 6) is -0.155. The van der Waals surface area contributed by atoms with Gasteiger partial charge in [0.05, 0.1) is 6.61 Å². The SMILES string of the molecule is CCNC(C)(CN(C)CC1CCCN1CC)C(=O)OCC. The third kappa shape index (κ3) is 5.24. The molecule has 124 valence electrons. The van der Waals surface area contributed by atoms with E-state index >= 15 is 0 Å². The highest BCUT2D eigenvalue weighted by Crippen LogP contribution is 2.18. The van der Waals surface area contributed by atoms with E-state index in [0.717, 1.165) is 19.6 Å². The molecule has 5 nitrogen and oxygen atoms in total. The van der Waals surface area contributed by atoms with E-state index < -0.39 is 5.54 Å². The van der Waals surface area contributed by atoms with Crippen LogP contribution in [-0.2, 0) is 9.53 Å². The summed E-state index contributed by atoms with van der Waals surface area (Å²) in [7, 11) is 2.10. The normalized spacial score (nSPS) is 22.5. The van der Waals surface area contributed by atoms with Crippen LogP contribution in [0.1, 0.15) is 40.5 Å². The predicted octanol–water partition coefficient (Wildman–Crippen LogP) is 1.33. The van der Waals surface area contributed by atoms with Crippen LogP contribution < -0.4 is 5.32 Å². The van der Waals surface area contributed by atoms with Crippen molar-refractivity contribution in [2.45, 2.75) is 52.1 Å². The van der Waals surface area contributed by atoms with Gasteiger partial charge in [-0.15, -0.1) is 0 Å². The maximum absolute atomic E-state index is 12.2. The number of nitrogens with one attached hydrogen (secondary N) is 1. The fourth-order valence-electron chi connectivity index (χ4n) is 3.36. The van der Waals surface area contributed by atoms with Crippen LogP contribution in [0.15, 0.2) is 0 Å². The lowest BCUT2D eigenvalue weighted by Crippen LogP contribution is -2.58. The quantitative estimate of drug-likeness (QED) is 0.651. The first-order valence-corrected chi connectivity index (χ1v) is 8.31. The van der Waals surface area contributed by atoms with Crippen LogP contribution >= 0.6 is 0 Å². The van der Waals surface area contributed by atoms with E-state index in [0.29, 0.717) is 19.2 Å². The molecule has 1 N–H and O–H groups in total. The molecule has 21 heavy (non-hydrogen) atoms. The van der Waals surface area contributed by atoms with Gasteiger partial charge in [0.1, 0.15) is 5.54 Å². The molecule has 0 amide bonds. The van der Waals surface area contributed by atoms with Crippen LogP contribution in [0.25, 0.3) is 0 Å². The molecule has 1 saturated heterocycles. The summed E-state index contributed by atoms with van der Waals surface area (Å²) in [4.78, 5) is 17.0. The Morgan fingerprint density at radius 2 is 2.14 bits per heavy atom. The van der Waals surface area contributed by atoms with Crippen LogP contribution in [0.3, 0.4) is 0 Å². The Labute approximate surface area is 130 Å². The molecule has 0 aromatic heterocycles. The fourth-order valence-corrected chi connectivity index (χ4v) is 3.36. The van der Waals surface area contributed by atoms with Gasteiger partial charge in [-0.2, -0.15) is 0 Å². The second-order valence-corrected chi connectivity index (χ2v) is 6.20. The molecule has 5 heteroatoms. The van der Waals surface area contributed by atoms with Crippen LogP contribution in [-0.4, -0.2) is 73.7 Å². The number of likely N-dealkylation sites (N-methyl/N-ethyl adjacent to an activating group) is 3. The van der Waals surface area contributed by atoms with E-state index in [1.165, 1.54) is 19.4 Å². The highest BCUT2D eigenvalue weighted by Gasteiger charge is 2.36. The number of carbonyl (C=O) groups excluding carboxylic acids is 1. The molecule has 0 aromatic rings. The van der Waals surface area contributed by atoms with Gasteiger partial charge in [-0.3, -0.25) is 9.69 Å². The molecule has 0 aromatic carbocycles. The Hall–Kier alpha value is -0.650. The van der Waals surface area contributed by atoms with E-state index in [9.17, 15) is 4.79 Å². The molecule has 2 unspecified atom stereocenters. The third-order valence-electron chi connectivity index (χ3n) is 4.31. The largest absolute Gasteiger partial charge is 0.465 e. The zero-order valence-corrected chi connectivity index (χ0v) is 14.4. The second kappa shape index (κ2) is 8.71. The molecular formula is C16H33N3O2. The van der Waals surface area contributed by atoms with Gasteiger partial charge in [0, 0.05) is 19.1 Å². The molecule has 1 heterocycles. The molecule has 2 atom stereocenters. The van der Waals surface area contributed by atoms with Gasteiger partial charge in [0.25, 0.3) is 0 Å². The van der Waals surface area contributed by atoms with E-state index in [1.54, 1.807) is 0 Å². The first-order valence-electron chi connectivity index (χ1n) is 8.31. The predicted molar refractivity (Wildman–Crippen MR) is 86.5 cm³/mol. The lowest BCUT2D eigenvalue weighted by Gasteiger charge is -2.35. The monoisotopic (exact) mass is 299 g/mol. The van der Waals surface area contributed by atoms with E-state index in [-0.39, 0.29) is 5.97 Å². The van der Waals surface area contributed by atoms with Crippen LogP contribution in [0, 0.1) is 0 Å². The molecule has 1 rings (SSSR count). The number of hydrogen-bond donors (Lipinski definition) is 1. The smallest absolute Gasteiger partial charge is 0.327 e. The zero-order valence-electron chi connectivity index (χ0n) is 14.4. The summed E-state index contributed by atoms with van der Waals surface area (Å²) in [6.45, 7) is 13.2. The Kier molecular flexibility index (Phi) is 7.63. The van der Waals surface area contributed by atoms with Crippen LogP contribution in [0.4, 0.5) is 0 Å². The van der Waals surface area contributed by atoms with Crippen molar-refractivity contribution in [1.29, 1.82) is 0 Å². The van der Waals surface area contributed by atoms with Crippen LogP contribution in [0.5, 0.6) is 0 Å². The first-order chi connectivity index (χ1) is 9.96. The summed E-state index contributed by atoms with van der Waals surface area (Å²) >= 11 is 0. The Balaban J connectivity index is 2.59. The zero-order chi connectivity index (χ0) is 15.9. The molecule has 0 spiro atoms. The third-order valence-corrected chi connectivity index (χ3v) is 4.31. The average Bonchev–Trinajstić information content (AvgIpc) is 2.86. The van der Waals surface area contributed by atoms with Crippen molar-refractivity contribution in [2.24, 2.45) is 0 Å². The molecule has 0 radical (unpaired) electrons. The number of esters is 1. The van der Waals surface area contributed by atoms with Gasteiger partial charge >= 0.3 is 5.97 Å². The van der Waals surface area contributed by atoms with Crippen molar-refractivity contribution in [3.05, 3.63) is 0 Å². The first kappa shape index (κ1) is 18.4. The molecule has 1 aliphatic rings.